The number of piperidine rings is 1. The van der Waals surface area contributed by atoms with Gasteiger partial charge in [0.1, 0.15) is 11.6 Å². The Morgan fingerprint density at radius 3 is 2.39 bits per heavy atom. The molecule has 0 aliphatic carbocycles. The van der Waals surface area contributed by atoms with Crippen molar-refractivity contribution in [3.8, 4) is 5.88 Å². The van der Waals surface area contributed by atoms with E-state index in [0.717, 1.165) is 28.5 Å². The van der Waals surface area contributed by atoms with E-state index in [1.165, 1.54) is 6.07 Å². The number of carbonyl (C=O) groups is 2. The molecule has 1 atom stereocenters. The first kappa shape index (κ1) is 26.7. The zero-order valence-corrected chi connectivity index (χ0v) is 18.1. The van der Waals surface area contributed by atoms with E-state index in [-0.39, 0.29) is 12.4 Å². The van der Waals surface area contributed by atoms with Gasteiger partial charge in [-0.3, -0.25) is 4.79 Å². The number of nitrogens with zero attached hydrogens (tertiary/aromatic N) is 2. The third kappa shape index (κ3) is 6.40. The molecule has 1 aliphatic rings. The van der Waals surface area contributed by atoms with Crippen molar-refractivity contribution in [3.63, 3.8) is 0 Å². The van der Waals surface area contributed by atoms with Crippen molar-refractivity contribution in [1.82, 2.24) is 9.88 Å². The molecule has 2 aromatic carbocycles. The van der Waals surface area contributed by atoms with E-state index >= 15 is 0 Å². The Bertz CT molecular complexity index is 1270. The van der Waals surface area contributed by atoms with E-state index in [0.29, 0.717) is 5.52 Å². The molecule has 1 unspecified atom stereocenters. The Kier molecular flexibility index (Phi) is 7.70. The van der Waals surface area contributed by atoms with Gasteiger partial charge >= 0.3 is 12.1 Å². The molecule has 3 aromatic rings. The number of amides is 1. The first-order valence-electron chi connectivity index (χ1n) is 10.2. The second-order valence-corrected chi connectivity index (χ2v) is 7.64. The maximum absolute atomic E-state index is 14.4. The van der Waals surface area contributed by atoms with Crippen LogP contribution in [-0.4, -0.2) is 58.2 Å². The number of aromatic nitrogens is 1. The van der Waals surface area contributed by atoms with E-state index in [4.69, 9.17) is 14.6 Å². The summed E-state index contributed by atoms with van der Waals surface area (Å²) in [6.07, 6.45) is -7.40. The van der Waals surface area contributed by atoms with Gasteiger partial charge in [0.25, 0.3) is 11.8 Å². The normalized spacial score (nSPS) is 17.2. The fourth-order valence-corrected chi connectivity index (χ4v) is 3.27. The first-order chi connectivity index (χ1) is 16.8. The Hall–Kier alpha value is -3.90. The number of rotatable bonds is 3. The lowest BCUT2D eigenvalue weighted by molar-refractivity contribution is -0.192. The third-order valence-corrected chi connectivity index (χ3v) is 5.10. The number of hydrogen-bond acceptors (Lipinski definition) is 4. The molecule has 0 bridgehead atoms. The molecule has 192 valence electrons. The van der Waals surface area contributed by atoms with Gasteiger partial charge in [-0.05, 0) is 30.3 Å². The van der Waals surface area contributed by atoms with Crippen LogP contribution < -0.4 is 4.74 Å². The van der Waals surface area contributed by atoms with Crippen molar-refractivity contribution in [2.24, 2.45) is 0 Å². The van der Waals surface area contributed by atoms with Gasteiger partial charge < -0.3 is 14.7 Å². The minimum atomic E-state index is -5.08. The summed E-state index contributed by atoms with van der Waals surface area (Å²) in [6.45, 7) is -0.775. The van der Waals surface area contributed by atoms with Gasteiger partial charge in [0.15, 0.2) is 6.10 Å². The molecule has 4 rings (SSSR count). The molecule has 36 heavy (non-hydrogen) atoms. The van der Waals surface area contributed by atoms with E-state index in [2.05, 4.69) is 4.98 Å². The van der Waals surface area contributed by atoms with Crippen LogP contribution in [0, 0.1) is 11.6 Å². The van der Waals surface area contributed by atoms with Crippen LogP contribution in [0.1, 0.15) is 16.8 Å². The fraction of sp³-hybridized carbons (Fsp3) is 0.261. The van der Waals surface area contributed by atoms with Crippen LogP contribution in [0.5, 0.6) is 5.88 Å². The van der Waals surface area contributed by atoms with Crippen molar-refractivity contribution in [1.29, 1.82) is 0 Å². The lowest BCUT2D eigenvalue weighted by atomic mass is 10.0. The number of hydrogen-bond donors (Lipinski definition) is 1. The smallest absolute Gasteiger partial charge is 0.475 e. The zero-order valence-electron chi connectivity index (χ0n) is 18.1. The van der Waals surface area contributed by atoms with Crippen LogP contribution in [0.25, 0.3) is 10.9 Å². The van der Waals surface area contributed by atoms with Crippen molar-refractivity contribution in [2.75, 3.05) is 13.1 Å². The van der Waals surface area contributed by atoms with Crippen LogP contribution in [0.3, 0.4) is 0 Å². The second kappa shape index (κ2) is 10.4. The highest BCUT2D eigenvalue weighted by Gasteiger charge is 2.47. The average Bonchev–Trinajstić information content (AvgIpc) is 2.81. The Labute approximate surface area is 198 Å². The van der Waals surface area contributed by atoms with E-state index in [1.807, 2.05) is 12.1 Å². The highest BCUT2D eigenvalue weighted by atomic mass is 19.4. The number of pyridine rings is 1. The number of para-hydroxylation sites is 1. The van der Waals surface area contributed by atoms with Crippen molar-refractivity contribution in [3.05, 3.63) is 71.8 Å². The predicted molar refractivity (Wildman–Crippen MR) is 112 cm³/mol. The first-order valence-corrected chi connectivity index (χ1v) is 10.2. The number of likely N-dealkylation sites (tertiary alicyclic amines) is 1. The summed E-state index contributed by atoms with van der Waals surface area (Å²) >= 11 is 0. The molecule has 6 nitrogen and oxygen atoms in total. The summed E-state index contributed by atoms with van der Waals surface area (Å²) in [5.74, 6) is -8.53. The summed E-state index contributed by atoms with van der Waals surface area (Å²) in [7, 11) is 0. The van der Waals surface area contributed by atoms with Crippen LogP contribution in [0.15, 0.2) is 54.6 Å². The van der Waals surface area contributed by atoms with Gasteiger partial charge in [0.05, 0.1) is 17.6 Å². The van der Waals surface area contributed by atoms with Crippen LogP contribution in [0.4, 0.5) is 30.7 Å². The maximum Gasteiger partial charge on any atom is 0.490 e. The average molecular weight is 518 g/mol. The maximum atomic E-state index is 14.4. The van der Waals surface area contributed by atoms with Gasteiger partial charge in [-0.15, -0.1) is 0 Å². The Morgan fingerprint density at radius 1 is 1.06 bits per heavy atom. The lowest BCUT2D eigenvalue weighted by Gasteiger charge is -2.38. The number of benzene rings is 2. The van der Waals surface area contributed by atoms with Crippen molar-refractivity contribution >= 4 is 22.8 Å². The van der Waals surface area contributed by atoms with E-state index in [1.54, 1.807) is 18.2 Å². The molecule has 2 heterocycles. The van der Waals surface area contributed by atoms with Crippen molar-refractivity contribution < 1.29 is 50.2 Å². The number of carboxylic acids is 1. The number of carbonyl (C=O) groups excluding carboxylic acids is 1. The van der Waals surface area contributed by atoms with E-state index < -0.39 is 60.2 Å². The summed E-state index contributed by atoms with van der Waals surface area (Å²) in [5.41, 5.74) is 0.0803. The molecule has 13 heteroatoms. The molecule has 0 saturated carbocycles. The zero-order chi connectivity index (χ0) is 26.7. The minimum absolute atomic E-state index is 0.000361. The highest BCUT2D eigenvalue weighted by molar-refractivity contribution is 5.94. The monoisotopic (exact) mass is 518 g/mol. The van der Waals surface area contributed by atoms with Gasteiger partial charge in [-0.25, -0.2) is 27.3 Å². The van der Waals surface area contributed by atoms with Gasteiger partial charge in [-0.2, -0.15) is 13.2 Å². The second-order valence-electron chi connectivity index (χ2n) is 7.64. The van der Waals surface area contributed by atoms with Crippen LogP contribution in [-0.2, 0) is 4.79 Å². The highest BCUT2D eigenvalue weighted by Crippen LogP contribution is 2.32. The number of carboxylic acid groups (broad SMARTS) is 1. The van der Waals surface area contributed by atoms with Crippen LogP contribution >= 0.6 is 0 Å². The quantitative estimate of drug-likeness (QED) is 0.490. The van der Waals surface area contributed by atoms with E-state index in [9.17, 15) is 35.5 Å². The van der Waals surface area contributed by atoms with Gasteiger partial charge in [0.2, 0.25) is 5.88 Å². The lowest BCUT2D eigenvalue weighted by Crippen LogP contribution is -2.55. The molecule has 0 radical (unpaired) electrons. The van der Waals surface area contributed by atoms with Gasteiger partial charge in [-0.1, -0.05) is 18.2 Å². The largest absolute Gasteiger partial charge is 0.490 e. The summed E-state index contributed by atoms with van der Waals surface area (Å²) in [5, 5.41) is 7.95. The number of halogens is 7. The Morgan fingerprint density at radius 2 is 1.72 bits per heavy atom. The van der Waals surface area contributed by atoms with Crippen LogP contribution in [0.2, 0.25) is 0 Å². The molecular weight excluding hydrogens is 501 g/mol. The Balaban J connectivity index is 0.000000454. The molecule has 1 aromatic heterocycles. The molecule has 1 N–H and O–H groups in total. The predicted octanol–water partition coefficient (Wildman–Crippen LogP) is 5.08. The summed E-state index contributed by atoms with van der Waals surface area (Å²) < 4.78 is 93.3. The standard InChI is InChI=1S/C21H16F4N2O2.C2HF3O2/c22-14-6-7-16(23)15(11-14)20(28)27-10-9-21(24,25)18(12-27)29-19-8-5-13-3-1-2-4-17(13)26-19;3-2(4,5)1(6)7/h1-8,11,18H,9-10,12H2;(H,6,7). The number of aliphatic carboxylic acids is 1. The molecule has 1 amide bonds. The third-order valence-electron chi connectivity index (χ3n) is 5.10. The molecule has 1 aliphatic heterocycles. The molecular formula is C23H17F7N2O4. The SMILES string of the molecule is O=C(O)C(F)(F)F.O=C(c1cc(F)ccc1F)N1CCC(F)(F)C(Oc2ccc3ccccc3n2)C1. The molecule has 0 spiro atoms. The summed E-state index contributed by atoms with van der Waals surface area (Å²) in [6, 6.07) is 12.8. The van der Waals surface area contributed by atoms with Crippen molar-refractivity contribution in [2.45, 2.75) is 24.6 Å². The summed E-state index contributed by atoms with van der Waals surface area (Å²) in [4.78, 5) is 26.7. The number of ether oxygens (including phenoxy) is 1. The fourth-order valence-electron chi connectivity index (χ4n) is 3.27. The number of alkyl halides is 5. The molecule has 1 saturated heterocycles. The van der Waals surface area contributed by atoms with Gasteiger partial charge in [0, 0.05) is 24.4 Å². The topological polar surface area (TPSA) is 79.7 Å². The minimum Gasteiger partial charge on any atom is -0.475 e. The molecule has 1 fully saturated rings. The number of fused-ring (bicyclic) bond motifs is 1.